The van der Waals surface area contributed by atoms with Gasteiger partial charge in [0.15, 0.2) is 11.7 Å². The fourth-order valence-corrected chi connectivity index (χ4v) is 3.62. The highest BCUT2D eigenvalue weighted by Crippen LogP contribution is 2.43. The van der Waals surface area contributed by atoms with Gasteiger partial charge < -0.3 is 10.6 Å². The number of nitrogens with one attached hydrogen (secondary N) is 2. The van der Waals surface area contributed by atoms with Crippen LogP contribution in [0.1, 0.15) is 40.1 Å². The zero-order valence-corrected chi connectivity index (χ0v) is 16.6. The van der Waals surface area contributed by atoms with E-state index in [0.29, 0.717) is 16.3 Å². The van der Waals surface area contributed by atoms with Gasteiger partial charge in [-0.2, -0.15) is 18.3 Å². The second-order valence-corrected chi connectivity index (χ2v) is 7.61. The molecule has 4 rings (SSSR count). The summed E-state index contributed by atoms with van der Waals surface area (Å²) < 4.78 is 42.2. The van der Waals surface area contributed by atoms with Crippen molar-refractivity contribution in [3.05, 3.63) is 76.4 Å². The summed E-state index contributed by atoms with van der Waals surface area (Å²) in [5.74, 6) is -0.435. The van der Waals surface area contributed by atoms with Crippen molar-refractivity contribution in [1.29, 1.82) is 0 Å². The lowest BCUT2D eigenvalue weighted by Crippen LogP contribution is -2.35. The van der Waals surface area contributed by atoms with Gasteiger partial charge >= 0.3 is 6.18 Å². The number of rotatable bonds is 3. The lowest BCUT2D eigenvalue weighted by molar-refractivity contribution is -0.173. The SMILES string of the molecule is Cc1ccccc1NC(=O)c1cc2n(n1)[C@H](C(F)(F)F)C[C@@H](c1ccc(Cl)cc1)N2. The van der Waals surface area contributed by atoms with E-state index in [9.17, 15) is 18.0 Å². The maximum absolute atomic E-state index is 13.8. The fraction of sp³-hybridized carbons (Fsp3) is 0.238. The highest BCUT2D eigenvalue weighted by atomic mass is 35.5. The number of amides is 1. The van der Waals surface area contributed by atoms with Gasteiger partial charge in [-0.3, -0.25) is 4.79 Å². The molecule has 0 aliphatic carbocycles. The minimum Gasteiger partial charge on any atom is -0.363 e. The first-order valence-electron chi connectivity index (χ1n) is 9.27. The molecule has 2 atom stereocenters. The van der Waals surface area contributed by atoms with Gasteiger partial charge in [-0.1, -0.05) is 41.9 Å². The molecule has 0 spiro atoms. The van der Waals surface area contributed by atoms with Crippen LogP contribution in [0.4, 0.5) is 24.7 Å². The number of para-hydroxylation sites is 1. The Bertz CT molecular complexity index is 1080. The molecule has 2 N–H and O–H groups in total. The van der Waals surface area contributed by atoms with E-state index in [4.69, 9.17) is 11.6 Å². The number of hydrogen-bond donors (Lipinski definition) is 2. The number of anilines is 2. The standard InChI is InChI=1S/C21H18ClF3N4O/c1-12-4-2-3-5-15(12)27-20(30)17-11-19-26-16(13-6-8-14(22)9-7-13)10-18(21(23,24)25)29(19)28-17/h2-9,11,16,18,26H,10H2,1H3,(H,27,30)/t16-,18-/m0/s1. The van der Waals surface area contributed by atoms with Crippen LogP contribution in [0.2, 0.25) is 5.02 Å². The molecule has 156 valence electrons. The normalized spacial score (nSPS) is 18.4. The first-order valence-corrected chi connectivity index (χ1v) is 9.65. The molecule has 0 saturated heterocycles. The molecule has 1 aliphatic rings. The highest BCUT2D eigenvalue weighted by molar-refractivity contribution is 6.30. The van der Waals surface area contributed by atoms with Gasteiger partial charge in [0, 0.05) is 23.2 Å². The number of carbonyl (C=O) groups is 1. The zero-order chi connectivity index (χ0) is 21.5. The van der Waals surface area contributed by atoms with Gasteiger partial charge in [-0.15, -0.1) is 0 Å². The molecule has 0 radical (unpaired) electrons. The van der Waals surface area contributed by atoms with Crippen LogP contribution < -0.4 is 10.6 Å². The number of benzene rings is 2. The minimum absolute atomic E-state index is 0.0910. The van der Waals surface area contributed by atoms with E-state index < -0.39 is 24.2 Å². The predicted octanol–water partition coefficient (Wildman–Crippen LogP) is 5.76. The van der Waals surface area contributed by atoms with Crippen molar-refractivity contribution in [3.8, 4) is 0 Å². The molecule has 30 heavy (non-hydrogen) atoms. The molecule has 1 aliphatic heterocycles. The third-order valence-electron chi connectivity index (χ3n) is 5.09. The molecule has 0 saturated carbocycles. The number of alkyl halides is 3. The molecule has 0 fully saturated rings. The zero-order valence-electron chi connectivity index (χ0n) is 15.9. The quantitative estimate of drug-likeness (QED) is 0.551. The summed E-state index contributed by atoms with van der Waals surface area (Å²) in [6.07, 6.45) is -4.77. The Morgan fingerprint density at radius 3 is 2.57 bits per heavy atom. The topological polar surface area (TPSA) is 59.0 Å². The van der Waals surface area contributed by atoms with Crippen LogP contribution in [0.3, 0.4) is 0 Å². The van der Waals surface area contributed by atoms with E-state index >= 15 is 0 Å². The van der Waals surface area contributed by atoms with Gasteiger partial charge in [0.2, 0.25) is 0 Å². The number of fused-ring (bicyclic) bond motifs is 1. The van der Waals surface area contributed by atoms with E-state index in [0.717, 1.165) is 10.2 Å². The van der Waals surface area contributed by atoms with Crippen molar-refractivity contribution in [1.82, 2.24) is 9.78 Å². The van der Waals surface area contributed by atoms with Crippen LogP contribution in [0.15, 0.2) is 54.6 Å². The monoisotopic (exact) mass is 434 g/mol. The van der Waals surface area contributed by atoms with Crippen LogP contribution in [0, 0.1) is 6.92 Å². The molecule has 3 aromatic rings. The van der Waals surface area contributed by atoms with Crippen LogP contribution in [-0.2, 0) is 0 Å². The van der Waals surface area contributed by atoms with E-state index in [1.807, 2.05) is 19.1 Å². The van der Waals surface area contributed by atoms with E-state index in [1.165, 1.54) is 6.07 Å². The van der Waals surface area contributed by atoms with E-state index in [-0.39, 0.29) is 17.9 Å². The number of halogens is 4. The van der Waals surface area contributed by atoms with Crippen LogP contribution in [0.5, 0.6) is 0 Å². The first kappa shape index (κ1) is 20.3. The van der Waals surface area contributed by atoms with Gasteiger partial charge in [0.1, 0.15) is 5.82 Å². The lowest BCUT2D eigenvalue weighted by Gasteiger charge is -2.33. The Labute approximate surface area is 175 Å². The third kappa shape index (κ3) is 4.00. The number of aryl methyl sites for hydroxylation is 1. The van der Waals surface area contributed by atoms with E-state index in [1.54, 1.807) is 36.4 Å². The van der Waals surface area contributed by atoms with E-state index in [2.05, 4.69) is 15.7 Å². The fourth-order valence-electron chi connectivity index (χ4n) is 3.50. The molecule has 2 aromatic carbocycles. The maximum Gasteiger partial charge on any atom is 0.410 e. The van der Waals surface area contributed by atoms with Crippen molar-refractivity contribution in [2.24, 2.45) is 0 Å². The molecular weight excluding hydrogens is 417 g/mol. The minimum atomic E-state index is -4.52. The lowest BCUT2D eigenvalue weighted by atomic mass is 9.97. The molecule has 0 bridgehead atoms. The molecule has 0 unspecified atom stereocenters. The Balaban J connectivity index is 1.65. The highest BCUT2D eigenvalue weighted by Gasteiger charge is 2.46. The number of hydrogen-bond acceptors (Lipinski definition) is 3. The van der Waals surface area contributed by atoms with Gasteiger partial charge in [0.05, 0.1) is 6.04 Å². The molecule has 1 amide bonds. The molecule has 5 nitrogen and oxygen atoms in total. The third-order valence-corrected chi connectivity index (χ3v) is 5.34. The summed E-state index contributed by atoms with van der Waals surface area (Å²) in [6.45, 7) is 1.83. The number of carbonyl (C=O) groups excluding carboxylic acids is 1. The Morgan fingerprint density at radius 1 is 1.20 bits per heavy atom. The van der Waals surface area contributed by atoms with Crippen LogP contribution in [-0.4, -0.2) is 21.9 Å². The summed E-state index contributed by atoms with van der Waals surface area (Å²) in [6, 6.07) is 12.7. The van der Waals surface area contributed by atoms with Crippen molar-refractivity contribution < 1.29 is 18.0 Å². The molecular formula is C21H18ClF3N4O. The molecule has 2 heterocycles. The van der Waals surface area contributed by atoms with Crippen LogP contribution >= 0.6 is 11.6 Å². The summed E-state index contributed by atoms with van der Waals surface area (Å²) in [4.78, 5) is 12.6. The van der Waals surface area contributed by atoms with Gasteiger partial charge in [-0.25, -0.2) is 4.68 Å². The second-order valence-electron chi connectivity index (χ2n) is 7.17. The first-order chi connectivity index (χ1) is 14.2. The Kier molecular flexibility index (Phi) is 5.19. The summed E-state index contributed by atoms with van der Waals surface area (Å²) >= 11 is 5.89. The van der Waals surface area contributed by atoms with Gasteiger partial charge in [-0.05, 0) is 36.2 Å². The number of aromatic nitrogens is 2. The number of nitrogens with zero attached hydrogens (tertiary/aromatic N) is 2. The summed E-state index contributed by atoms with van der Waals surface area (Å²) in [7, 11) is 0. The second kappa shape index (κ2) is 7.68. The van der Waals surface area contributed by atoms with Gasteiger partial charge in [0.25, 0.3) is 5.91 Å². The van der Waals surface area contributed by atoms with Crippen molar-refractivity contribution in [2.45, 2.75) is 31.6 Å². The predicted molar refractivity (Wildman–Crippen MR) is 109 cm³/mol. The van der Waals surface area contributed by atoms with Crippen molar-refractivity contribution in [3.63, 3.8) is 0 Å². The molecule has 1 aromatic heterocycles. The summed E-state index contributed by atoms with van der Waals surface area (Å²) in [5.41, 5.74) is 2.00. The smallest absolute Gasteiger partial charge is 0.363 e. The largest absolute Gasteiger partial charge is 0.410 e. The van der Waals surface area contributed by atoms with Crippen LogP contribution in [0.25, 0.3) is 0 Å². The van der Waals surface area contributed by atoms with Crippen molar-refractivity contribution in [2.75, 3.05) is 10.6 Å². The Hall–Kier alpha value is -3.00. The molecule has 9 heteroatoms. The average Bonchev–Trinajstić information content (AvgIpc) is 3.13. The maximum atomic E-state index is 13.8. The summed E-state index contributed by atoms with van der Waals surface area (Å²) in [5, 5.41) is 10.2. The average molecular weight is 435 g/mol. The Morgan fingerprint density at radius 2 is 1.90 bits per heavy atom. The van der Waals surface area contributed by atoms with Crippen molar-refractivity contribution >= 4 is 29.0 Å².